The Bertz CT molecular complexity index is 629. The predicted octanol–water partition coefficient (Wildman–Crippen LogP) is 3.32. The molecule has 1 heterocycles. The molecule has 0 saturated heterocycles. The zero-order valence-corrected chi connectivity index (χ0v) is 13.1. The lowest BCUT2D eigenvalue weighted by molar-refractivity contribution is 0.242. The van der Waals surface area contributed by atoms with Gasteiger partial charge in [-0.2, -0.15) is 0 Å². The monoisotopic (exact) mass is 288 g/mol. The Morgan fingerprint density at radius 2 is 2.19 bits per heavy atom. The highest BCUT2D eigenvalue weighted by atomic mass is 16.5. The topological polar surface area (TPSA) is 47.3 Å². The number of nitrogens with zero attached hydrogens (tertiary/aromatic N) is 2. The van der Waals surface area contributed by atoms with Gasteiger partial charge >= 0.3 is 0 Å². The number of hydrogen-bond donors (Lipinski definition) is 1. The average Bonchev–Trinajstić information content (AvgIpc) is 2.72. The van der Waals surface area contributed by atoms with E-state index in [4.69, 9.17) is 14.8 Å². The molecule has 0 radical (unpaired) electrons. The van der Waals surface area contributed by atoms with Crippen molar-refractivity contribution >= 4 is 11.0 Å². The molecule has 0 aliphatic heterocycles. The Labute approximate surface area is 126 Å². The molecular weight excluding hydrogens is 264 g/mol. The van der Waals surface area contributed by atoms with Crippen molar-refractivity contribution < 1.29 is 9.84 Å². The molecule has 0 aliphatic carbocycles. The van der Waals surface area contributed by atoms with Crippen LogP contribution in [0.1, 0.15) is 33.0 Å². The van der Waals surface area contributed by atoms with Crippen molar-refractivity contribution in [3.63, 3.8) is 0 Å². The number of ether oxygens (including phenoxy) is 1. The standard InChI is InChI=1S/C17H24N2O2/c1-12(2)11-19-16-8-7-14(21-13(3)4)10-15(16)18-17(19)6-5-9-20/h7-8,10,13,20H,1,5-6,9,11H2,2-4H3. The summed E-state index contributed by atoms with van der Waals surface area (Å²) in [5, 5.41) is 9.04. The van der Waals surface area contributed by atoms with Crippen molar-refractivity contribution in [2.45, 2.75) is 46.3 Å². The van der Waals surface area contributed by atoms with Gasteiger partial charge in [-0.3, -0.25) is 0 Å². The third-order valence-electron chi connectivity index (χ3n) is 3.16. The number of aliphatic hydroxyl groups excluding tert-OH is 1. The highest BCUT2D eigenvalue weighted by molar-refractivity contribution is 5.78. The van der Waals surface area contributed by atoms with E-state index < -0.39 is 0 Å². The summed E-state index contributed by atoms with van der Waals surface area (Å²) < 4.78 is 7.90. The molecule has 1 N–H and O–H groups in total. The van der Waals surface area contributed by atoms with E-state index in [0.717, 1.165) is 47.6 Å². The first-order chi connectivity index (χ1) is 10.0. The lowest BCUT2D eigenvalue weighted by Gasteiger charge is -2.10. The Kier molecular flexibility index (Phi) is 5.02. The van der Waals surface area contributed by atoms with Crippen molar-refractivity contribution in [3.8, 4) is 5.75 Å². The van der Waals surface area contributed by atoms with Crippen LogP contribution in [0.4, 0.5) is 0 Å². The van der Waals surface area contributed by atoms with Crippen molar-refractivity contribution in [2.24, 2.45) is 0 Å². The molecule has 0 amide bonds. The first-order valence-corrected chi connectivity index (χ1v) is 7.42. The van der Waals surface area contributed by atoms with Gasteiger partial charge in [-0.05, 0) is 39.3 Å². The summed E-state index contributed by atoms with van der Waals surface area (Å²) in [6.07, 6.45) is 1.63. The minimum Gasteiger partial charge on any atom is -0.491 e. The predicted molar refractivity (Wildman–Crippen MR) is 85.7 cm³/mol. The first kappa shape index (κ1) is 15.6. The molecule has 114 valence electrons. The van der Waals surface area contributed by atoms with Crippen molar-refractivity contribution in [3.05, 3.63) is 36.2 Å². The molecule has 0 saturated carbocycles. The van der Waals surface area contributed by atoms with E-state index in [9.17, 15) is 0 Å². The van der Waals surface area contributed by atoms with E-state index in [2.05, 4.69) is 11.1 Å². The number of allylic oxidation sites excluding steroid dienone is 1. The van der Waals surface area contributed by atoms with Crippen LogP contribution in [0.25, 0.3) is 11.0 Å². The van der Waals surface area contributed by atoms with Crippen LogP contribution in [0.2, 0.25) is 0 Å². The first-order valence-electron chi connectivity index (χ1n) is 7.42. The molecule has 4 nitrogen and oxygen atoms in total. The van der Waals surface area contributed by atoms with Crippen molar-refractivity contribution in [1.29, 1.82) is 0 Å². The summed E-state index contributed by atoms with van der Waals surface area (Å²) in [6, 6.07) is 6.01. The number of aliphatic hydroxyl groups is 1. The van der Waals surface area contributed by atoms with Crippen LogP contribution in [-0.2, 0) is 13.0 Å². The van der Waals surface area contributed by atoms with Crippen molar-refractivity contribution in [1.82, 2.24) is 9.55 Å². The molecule has 0 aliphatic rings. The van der Waals surface area contributed by atoms with Gasteiger partial charge < -0.3 is 14.4 Å². The molecular formula is C17H24N2O2. The Hall–Kier alpha value is -1.81. The second kappa shape index (κ2) is 6.76. The zero-order chi connectivity index (χ0) is 15.4. The van der Waals surface area contributed by atoms with Gasteiger partial charge in [0.1, 0.15) is 11.6 Å². The van der Waals surface area contributed by atoms with Gasteiger partial charge in [0.15, 0.2) is 0 Å². The third-order valence-corrected chi connectivity index (χ3v) is 3.16. The molecule has 4 heteroatoms. The van der Waals surface area contributed by atoms with Gasteiger partial charge in [0.2, 0.25) is 0 Å². The lowest BCUT2D eigenvalue weighted by Crippen LogP contribution is -2.06. The van der Waals surface area contributed by atoms with Crippen LogP contribution in [0.5, 0.6) is 5.75 Å². The van der Waals surface area contributed by atoms with Gasteiger partial charge in [0.25, 0.3) is 0 Å². The zero-order valence-electron chi connectivity index (χ0n) is 13.1. The van der Waals surface area contributed by atoms with Crippen molar-refractivity contribution in [2.75, 3.05) is 6.61 Å². The van der Waals surface area contributed by atoms with Crippen LogP contribution < -0.4 is 4.74 Å². The molecule has 0 atom stereocenters. The molecule has 1 aromatic carbocycles. The molecule has 0 spiro atoms. The van der Waals surface area contributed by atoms with E-state index in [1.165, 1.54) is 0 Å². The Balaban J connectivity index is 2.42. The summed E-state index contributed by atoms with van der Waals surface area (Å²) in [5.41, 5.74) is 3.10. The summed E-state index contributed by atoms with van der Waals surface area (Å²) in [7, 11) is 0. The summed E-state index contributed by atoms with van der Waals surface area (Å²) in [5.74, 6) is 1.83. The highest BCUT2D eigenvalue weighted by Crippen LogP contribution is 2.24. The number of imidazole rings is 1. The van der Waals surface area contributed by atoms with Gasteiger partial charge in [-0.15, -0.1) is 0 Å². The maximum atomic E-state index is 9.04. The van der Waals surface area contributed by atoms with Gasteiger partial charge in [0, 0.05) is 25.6 Å². The van der Waals surface area contributed by atoms with E-state index in [0.29, 0.717) is 0 Å². The summed E-state index contributed by atoms with van der Waals surface area (Å²) in [4.78, 5) is 4.70. The SMILES string of the molecule is C=C(C)Cn1c(CCCO)nc2cc(OC(C)C)ccc21. The van der Waals surface area contributed by atoms with E-state index in [1.807, 2.05) is 39.0 Å². The Morgan fingerprint density at radius 3 is 2.81 bits per heavy atom. The minimum atomic E-state index is 0.147. The maximum Gasteiger partial charge on any atom is 0.121 e. The van der Waals surface area contributed by atoms with E-state index in [1.54, 1.807) is 0 Å². The summed E-state index contributed by atoms with van der Waals surface area (Å²) in [6.45, 7) is 11.0. The second-order valence-electron chi connectivity index (χ2n) is 5.72. The maximum absolute atomic E-state index is 9.04. The van der Waals surface area contributed by atoms with Crippen LogP contribution in [-0.4, -0.2) is 27.4 Å². The molecule has 0 bridgehead atoms. The molecule has 1 aromatic heterocycles. The average molecular weight is 288 g/mol. The number of rotatable bonds is 7. The molecule has 2 rings (SSSR count). The molecule has 2 aromatic rings. The largest absolute Gasteiger partial charge is 0.491 e. The van der Waals surface area contributed by atoms with Gasteiger partial charge in [0.05, 0.1) is 17.1 Å². The molecule has 0 fully saturated rings. The number of fused-ring (bicyclic) bond motifs is 1. The normalized spacial score (nSPS) is 11.3. The fourth-order valence-electron chi connectivity index (χ4n) is 2.38. The smallest absolute Gasteiger partial charge is 0.121 e. The van der Waals surface area contributed by atoms with Gasteiger partial charge in [-0.1, -0.05) is 12.2 Å². The number of benzene rings is 1. The fraction of sp³-hybridized carbons (Fsp3) is 0.471. The quantitative estimate of drug-likeness (QED) is 0.795. The third kappa shape index (κ3) is 3.85. The van der Waals surface area contributed by atoms with Crippen LogP contribution in [0.15, 0.2) is 30.4 Å². The fourth-order valence-corrected chi connectivity index (χ4v) is 2.38. The van der Waals surface area contributed by atoms with Gasteiger partial charge in [-0.25, -0.2) is 4.98 Å². The second-order valence-corrected chi connectivity index (χ2v) is 5.72. The van der Waals surface area contributed by atoms with Crippen LogP contribution >= 0.6 is 0 Å². The van der Waals surface area contributed by atoms with E-state index in [-0.39, 0.29) is 12.7 Å². The number of hydrogen-bond acceptors (Lipinski definition) is 3. The minimum absolute atomic E-state index is 0.147. The molecule has 0 unspecified atom stereocenters. The number of aryl methyl sites for hydroxylation is 1. The summed E-state index contributed by atoms with van der Waals surface area (Å²) >= 11 is 0. The van der Waals surface area contributed by atoms with E-state index >= 15 is 0 Å². The highest BCUT2D eigenvalue weighted by Gasteiger charge is 2.12. The number of aromatic nitrogens is 2. The van der Waals surface area contributed by atoms with Crippen LogP contribution in [0, 0.1) is 0 Å². The van der Waals surface area contributed by atoms with Crippen LogP contribution in [0.3, 0.4) is 0 Å². The Morgan fingerprint density at radius 1 is 1.43 bits per heavy atom. The molecule has 21 heavy (non-hydrogen) atoms. The lowest BCUT2D eigenvalue weighted by atomic mass is 10.2.